The number of nitrogens with one attached hydrogen (secondary N) is 1. The number of hydrogen-bond acceptors (Lipinski definition) is 5. The molecule has 0 spiro atoms. The number of fused-ring (bicyclic) bond motifs is 1. The Labute approximate surface area is 145 Å². The van der Waals surface area contributed by atoms with Gasteiger partial charge in [0.05, 0.1) is 29.9 Å². The van der Waals surface area contributed by atoms with Crippen LogP contribution in [-0.4, -0.2) is 41.3 Å². The summed E-state index contributed by atoms with van der Waals surface area (Å²) < 4.78 is 5.45. The predicted molar refractivity (Wildman–Crippen MR) is 97.7 cm³/mol. The van der Waals surface area contributed by atoms with Crippen LogP contribution in [0, 0.1) is 6.92 Å². The summed E-state index contributed by atoms with van der Waals surface area (Å²) >= 11 is 1.70. The Balaban J connectivity index is 1.51. The normalized spacial score (nSPS) is 15.1. The Morgan fingerprint density at radius 3 is 2.88 bits per heavy atom. The van der Waals surface area contributed by atoms with E-state index in [0.29, 0.717) is 0 Å². The summed E-state index contributed by atoms with van der Waals surface area (Å²) in [5, 5.41) is 0.939. The van der Waals surface area contributed by atoms with Gasteiger partial charge in [-0.05, 0) is 30.7 Å². The van der Waals surface area contributed by atoms with E-state index >= 15 is 0 Å². The molecular weight excluding hydrogens is 320 g/mol. The molecule has 1 aliphatic heterocycles. The highest BCUT2D eigenvalue weighted by Crippen LogP contribution is 2.28. The number of imidazole rings is 1. The fourth-order valence-corrected chi connectivity index (χ4v) is 3.90. The minimum absolute atomic E-state index is 0.796. The maximum absolute atomic E-state index is 5.45. The number of aromatic nitrogens is 3. The van der Waals surface area contributed by atoms with Crippen molar-refractivity contribution in [3.8, 4) is 0 Å². The standard InChI is InChI=1S/C18H20N4OS/c1-13-16(19-7-6-17(13)22-8-10-23-11-9-22)12-24-18-20-14-4-2-3-5-15(14)21-18/h2-7H,8-12H2,1H3,(H,20,21). The number of pyridine rings is 1. The van der Waals surface area contributed by atoms with Gasteiger partial charge >= 0.3 is 0 Å². The zero-order valence-corrected chi connectivity index (χ0v) is 14.5. The fraction of sp³-hybridized carbons (Fsp3) is 0.333. The van der Waals surface area contributed by atoms with Gasteiger partial charge in [0.2, 0.25) is 0 Å². The predicted octanol–water partition coefficient (Wildman–Crippen LogP) is 3.40. The summed E-state index contributed by atoms with van der Waals surface area (Å²) in [4.78, 5) is 14.9. The van der Waals surface area contributed by atoms with E-state index in [1.54, 1.807) is 11.8 Å². The molecule has 24 heavy (non-hydrogen) atoms. The zero-order chi connectivity index (χ0) is 16.4. The number of ether oxygens (including phenoxy) is 1. The lowest BCUT2D eigenvalue weighted by Crippen LogP contribution is -2.36. The molecule has 1 N–H and O–H groups in total. The number of morpholine rings is 1. The van der Waals surface area contributed by atoms with Gasteiger partial charge < -0.3 is 14.6 Å². The Bertz CT molecular complexity index is 809. The first-order chi connectivity index (χ1) is 11.8. The number of para-hydroxylation sites is 2. The summed E-state index contributed by atoms with van der Waals surface area (Å²) in [5.41, 5.74) is 5.72. The van der Waals surface area contributed by atoms with Crippen molar-refractivity contribution in [2.45, 2.75) is 17.8 Å². The summed E-state index contributed by atoms with van der Waals surface area (Å²) in [7, 11) is 0. The minimum Gasteiger partial charge on any atom is -0.378 e. The Morgan fingerprint density at radius 1 is 1.21 bits per heavy atom. The third-order valence-corrected chi connectivity index (χ3v) is 5.23. The molecule has 0 amide bonds. The van der Waals surface area contributed by atoms with Crippen LogP contribution >= 0.6 is 11.8 Å². The SMILES string of the molecule is Cc1c(N2CCOCC2)ccnc1CSc1nc2ccccc2[nH]1. The molecule has 3 aromatic rings. The molecule has 0 radical (unpaired) electrons. The van der Waals surface area contributed by atoms with Gasteiger partial charge in [-0.25, -0.2) is 4.98 Å². The smallest absolute Gasteiger partial charge is 0.166 e. The van der Waals surface area contributed by atoms with E-state index in [0.717, 1.165) is 53.9 Å². The van der Waals surface area contributed by atoms with Crippen LogP contribution in [0.2, 0.25) is 0 Å². The monoisotopic (exact) mass is 340 g/mol. The van der Waals surface area contributed by atoms with E-state index in [9.17, 15) is 0 Å². The van der Waals surface area contributed by atoms with Crippen LogP contribution in [0.25, 0.3) is 11.0 Å². The van der Waals surface area contributed by atoms with Gasteiger partial charge in [-0.3, -0.25) is 4.98 Å². The highest BCUT2D eigenvalue weighted by molar-refractivity contribution is 7.98. The molecule has 1 saturated heterocycles. The molecule has 0 saturated carbocycles. The Morgan fingerprint density at radius 2 is 2.04 bits per heavy atom. The van der Waals surface area contributed by atoms with Crippen LogP contribution in [0.5, 0.6) is 0 Å². The fourth-order valence-electron chi connectivity index (χ4n) is 2.99. The molecule has 0 aliphatic carbocycles. The van der Waals surface area contributed by atoms with E-state index in [4.69, 9.17) is 4.74 Å². The second-order valence-corrected chi connectivity index (χ2v) is 6.81. The lowest BCUT2D eigenvalue weighted by Gasteiger charge is -2.30. The molecule has 5 nitrogen and oxygen atoms in total. The summed E-state index contributed by atoms with van der Waals surface area (Å²) in [5.74, 6) is 0.809. The van der Waals surface area contributed by atoms with Crippen molar-refractivity contribution in [2.75, 3.05) is 31.2 Å². The highest BCUT2D eigenvalue weighted by Gasteiger charge is 2.15. The summed E-state index contributed by atoms with van der Waals surface area (Å²) in [6.45, 7) is 5.64. The first-order valence-electron chi connectivity index (χ1n) is 8.16. The first-order valence-corrected chi connectivity index (χ1v) is 9.14. The van der Waals surface area contributed by atoms with Crippen LogP contribution in [0.1, 0.15) is 11.3 Å². The van der Waals surface area contributed by atoms with E-state index in [2.05, 4.69) is 38.9 Å². The quantitative estimate of drug-likeness (QED) is 0.738. The van der Waals surface area contributed by atoms with Crippen molar-refractivity contribution in [2.24, 2.45) is 0 Å². The average Bonchev–Trinajstić information content (AvgIpc) is 3.04. The third kappa shape index (κ3) is 3.12. The largest absolute Gasteiger partial charge is 0.378 e. The van der Waals surface area contributed by atoms with Crippen LogP contribution in [-0.2, 0) is 10.5 Å². The van der Waals surface area contributed by atoms with Gasteiger partial charge in [0.15, 0.2) is 5.16 Å². The number of aromatic amines is 1. The zero-order valence-electron chi connectivity index (χ0n) is 13.7. The lowest BCUT2D eigenvalue weighted by atomic mass is 10.1. The lowest BCUT2D eigenvalue weighted by molar-refractivity contribution is 0.122. The van der Waals surface area contributed by atoms with Crippen molar-refractivity contribution in [1.82, 2.24) is 15.0 Å². The molecule has 0 bridgehead atoms. The molecule has 6 heteroatoms. The molecule has 0 atom stereocenters. The molecule has 124 valence electrons. The molecule has 3 heterocycles. The second kappa shape index (κ2) is 6.83. The molecular formula is C18H20N4OS. The second-order valence-electron chi connectivity index (χ2n) is 5.85. The summed E-state index contributed by atoms with van der Waals surface area (Å²) in [6.07, 6.45) is 1.91. The number of hydrogen-bond donors (Lipinski definition) is 1. The average molecular weight is 340 g/mol. The number of H-pyrrole nitrogens is 1. The van der Waals surface area contributed by atoms with Gasteiger partial charge in [0.1, 0.15) is 0 Å². The van der Waals surface area contributed by atoms with Crippen molar-refractivity contribution in [3.05, 3.63) is 47.8 Å². The minimum atomic E-state index is 0.796. The van der Waals surface area contributed by atoms with E-state index in [1.807, 2.05) is 24.4 Å². The number of rotatable bonds is 4. The van der Waals surface area contributed by atoms with Crippen LogP contribution in [0.4, 0.5) is 5.69 Å². The van der Waals surface area contributed by atoms with Gasteiger partial charge in [-0.1, -0.05) is 23.9 Å². The molecule has 1 aromatic carbocycles. The molecule has 4 rings (SSSR count). The van der Waals surface area contributed by atoms with Gasteiger partial charge in [-0.15, -0.1) is 0 Å². The number of benzene rings is 1. The van der Waals surface area contributed by atoms with E-state index in [1.165, 1.54) is 11.3 Å². The Kier molecular flexibility index (Phi) is 4.40. The first kappa shape index (κ1) is 15.5. The molecule has 1 fully saturated rings. The number of anilines is 1. The van der Waals surface area contributed by atoms with Gasteiger partial charge in [-0.2, -0.15) is 0 Å². The topological polar surface area (TPSA) is 54.0 Å². The van der Waals surface area contributed by atoms with Gasteiger partial charge in [0.25, 0.3) is 0 Å². The maximum atomic E-state index is 5.45. The highest BCUT2D eigenvalue weighted by atomic mass is 32.2. The van der Waals surface area contributed by atoms with Crippen LogP contribution < -0.4 is 4.90 Å². The van der Waals surface area contributed by atoms with E-state index < -0.39 is 0 Å². The van der Waals surface area contributed by atoms with Gasteiger partial charge in [0, 0.05) is 30.7 Å². The summed E-state index contributed by atoms with van der Waals surface area (Å²) in [6, 6.07) is 10.2. The van der Waals surface area contributed by atoms with Crippen LogP contribution in [0.3, 0.4) is 0 Å². The molecule has 2 aromatic heterocycles. The number of nitrogens with zero attached hydrogens (tertiary/aromatic N) is 3. The van der Waals surface area contributed by atoms with Crippen molar-refractivity contribution in [1.29, 1.82) is 0 Å². The Hall–Kier alpha value is -2.05. The van der Waals surface area contributed by atoms with Crippen molar-refractivity contribution in [3.63, 3.8) is 0 Å². The van der Waals surface area contributed by atoms with Crippen molar-refractivity contribution >= 4 is 28.5 Å². The van der Waals surface area contributed by atoms with Crippen LogP contribution in [0.15, 0.2) is 41.7 Å². The maximum Gasteiger partial charge on any atom is 0.166 e. The third-order valence-electron chi connectivity index (χ3n) is 4.34. The van der Waals surface area contributed by atoms with Crippen molar-refractivity contribution < 1.29 is 4.74 Å². The van der Waals surface area contributed by atoms with E-state index in [-0.39, 0.29) is 0 Å². The molecule has 0 unspecified atom stereocenters. The molecule has 1 aliphatic rings. The number of thioether (sulfide) groups is 1.